The van der Waals surface area contributed by atoms with E-state index in [1.807, 2.05) is 42.8 Å². The topological polar surface area (TPSA) is 71.3 Å². The number of carboxylic acids is 1. The first-order valence-electron chi connectivity index (χ1n) is 6.62. The number of fused-ring (bicyclic) bond motifs is 1. The van der Waals surface area contributed by atoms with Crippen LogP contribution in [0.3, 0.4) is 0 Å². The van der Waals surface area contributed by atoms with Gasteiger partial charge in [0.05, 0.1) is 5.56 Å². The van der Waals surface area contributed by atoms with Crippen molar-refractivity contribution in [2.24, 2.45) is 7.05 Å². The SMILES string of the molecule is CCC[C@@H](NC(=O)c1cn(C)c2ccccc12)C(=O)O. The van der Waals surface area contributed by atoms with E-state index in [-0.39, 0.29) is 5.91 Å². The standard InChI is InChI=1S/C15H18N2O3/c1-3-6-12(15(19)20)16-14(18)11-9-17(2)13-8-5-4-7-10(11)13/h4-5,7-9,12H,3,6H2,1-2H3,(H,16,18)(H,19,20)/t12-/m1/s1. The molecule has 5 heteroatoms. The highest BCUT2D eigenvalue weighted by Crippen LogP contribution is 2.20. The first kappa shape index (κ1) is 14.1. The van der Waals surface area contributed by atoms with Crippen LogP contribution in [-0.2, 0) is 11.8 Å². The van der Waals surface area contributed by atoms with Crippen LogP contribution in [0.25, 0.3) is 10.9 Å². The molecule has 5 nitrogen and oxygen atoms in total. The molecule has 20 heavy (non-hydrogen) atoms. The summed E-state index contributed by atoms with van der Waals surface area (Å²) in [5.41, 5.74) is 1.45. The minimum absolute atomic E-state index is 0.345. The zero-order valence-electron chi connectivity index (χ0n) is 11.6. The molecule has 0 saturated heterocycles. The Morgan fingerprint density at radius 2 is 2.05 bits per heavy atom. The van der Waals surface area contributed by atoms with Crippen molar-refractivity contribution in [3.8, 4) is 0 Å². The second-order valence-electron chi connectivity index (χ2n) is 4.82. The molecule has 1 atom stereocenters. The van der Waals surface area contributed by atoms with E-state index in [0.717, 1.165) is 10.9 Å². The molecule has 0 spiro atoms. The molecule has 1 heterocycles. The molecular weight excluding hydrogens is 256 g/mol. The maximum Gasteiger partial charge on any atom is 0.326 e. The van der Waals surface area contributed by atoms with Crippen LogP contribution in [0.5, 0.6) is 0 Å². The largest absolute Gasteiger partial charge is 0.480 e. The molecule has 0 aliphatic carbocycles. The number of aromatic nitrogens is 1. The zero-order chi connectivity index (χ0) is 14.7. The maximum atomic E-state index is 12.3. The van der Waals surface area contributed by atoms with E-state index in [4.69, 9.17) is 5.11 Å². The predicted molar refractivity (Wildman–Crippen MR) is 76.7 cm³/mol. The van der Waals surface area contributed by atoms with Gasteiger partial charge < -0.3 is 15.0 Å². The van der Waals surface area contributed by atoms with Crippen molar-refractivity contribution in [2.75, 3.05) is 0 Å². The van der Waals surface area contributed by atoms with Gasteiger partial charge in [0.1, 0.15) is 6.04 Å². The molecule has 2 N–H and O–H groups in total. The minimum Gasteiger partial charge on any atom is -0.480 e. The van der Waals surface area contributed by atoms with Crippen molar-refractivity contribution in [1.82, 2.24) is 9.88 Å². The summed E-state index contributed by atoms with van der Waals surface area (Å²) in [5.74, 6) is -1.34. The van der Waals surface area contributed by atoms with Gasteiger partial charge in [-0.3, -0.25) is 4.79 Å². The van der Waals surface area contributed by atoms with Crippen LogP contribution in [-0.4, -0.2) is 27.6 Å². The van der Waals surface area contributed by atoms with E-state index >= 15 is 0 Å². The van der Waals surface area contributed by atoms with Gasteiger partial charge >= 0.3 is 5.97 Å². The van der Waals surface area contributed by atoms with Crippen molar-refractivity contribution >= 4 is 22.8 Å². The van der Waals surface area contributed by atoms with Gasteiger partial charge in [-0.2, -0.15) is 0 Å². The number of carboxylic acid groups (broad SMARTS) is 1. The molecule has 0 fully saturated rings. The molecule has 0 radical (unpaired) electrons. The highest BCUT2D eigenvalue weighted by atomic mass is 16.4. The summed E-state index contributed by atoms with van der Waals surface area (Å²) in [4.78, 5) is 23.4. The number of nitrogens with zero attached hydrogens (tertiary/aromatic N) is 1. The van der Waals surface area contributed by atoms with Crippen LogP contribution < -0.4 is 5.32 Å². The normalized spacial score (nSPS) is 12.3. The average Bonchev–Trinajstić information content (AvgIpc) is 2.76. The Bertz CT molecular complexity index is 646. The fourth-order valence-electron chi connectivity index (χ4n) is 2.30. The second-order valence-corrected chi connectivity index (χ2v) is 4.82. The highest BCUT2D eigenvalue weighted by molar-refractivity contribution is 6.07. The smallest absolute Gasteiger partial charge is 0.326 e. The third-order valence-electron chi connectivity index (χ3n) is 3.32. The second kappa shape index (κ2) is 5.77. The summed E-state index contributed by atoms with van der Waals surface area (Å²) in [6.45, 7) is 1.89. The molecule has 0 aliphatic heterocycles. The first-order chi connectivity index (χ1) is 9.54. The lowest BCUT2D eigenvalue weighted by Gasteiger charge is -2.12. The third-order valence-corrected chi connectivity index (χ3v) is 3.32. The number of aryl methyl sites for hydroxylation is 1. The number of benzene rings is 1. The number of carbonyl (C=O) groups is 2. The first-order valence-corrected chi connectivity index (χ1v) is 6.62. The maximum absolute atomic E-state index is 12.3. The van der Waals surface area contributed by atoms with E-state index in [1.54, 1.807) is 6.20 Å². The van der Waals surface area contributed by atoms with Crippen LogP contribution >= 0.6 is 0 Å². The number of hydrogen-bond acceptors (Lipinski definition) is 2. The average molecular weight is 274 g/mol. The molecule has 106 valence electrons. The number of aliphatic carboxylic acids is 1. The Labute approximate surface area is 117 Å². The van der Waals surface area contributed by atoms with Crippen LogP contribution in [0.1, 0.15) is 30.1 Å². The molecule has 0 aliphatic rings. The van der Waals surface area contributed by atoms with Crippen LogP contribution in [0.2, 0.25) is 0 Å². The quantitative estimate of drug-likeness (QED) is 0.877. The lowest BCUT2D eigenvalue weighted by Crippen LogP contribution is -2.40. The van der Waals surface area contributed by atoms with E-state index < -0.39 is 12.0 Å². The lowest BCUT2D eigenvalue weighted by atomic mass is 10.1. The van der Waals surface area contributed by atoms with Crippen LogP contribution in [0, 0.1) is 0 Å². The molecular formula is C15H18N2O3. The fraction of sp³-hybridized carbons (Fsp3) is 0.333. The van der Waals surface area contributed by atoms with Crippen molar-refractivity contribution in [2.45, 2.75) is 25.8 Å². The fourth-order valence-corrected chi connectivity index (χ4v) is 2.30. The molecule has 0 bridgehead atoms. The minimum atomic E-state index is -1.000. The molecule has 0 saturated carbocycles. The Kier molecular flexibility index (Phi) is 4.08. The van der Waals surface area contributed by atoms with Crippen LogP contribution in [0.4, 0.5) is 0 Å². The van der Waals surface area contributed by atoms with Gasteiger partial charge in [-0.05, 0) is 12.5 Å². The van der Waals surface area contributed by atoms with Gasteiger partial charge in [0, 0.05) is 24.1 Å². The van der Waals surface area contributed by atoms with Crippen molar-refractivity contribution in [3.63, 3.8) is 0 Å². The summed E-state index contributed by atoms with van der Waals surface area (Å²) in [6.07, 6.45) is 2.85. The number of rotatable bonds is 5. The predicted octanol–water partition coefficient (Wildman–Crippen LogP) is 2.16. The zero-order valence-corrected chi connectivity index (χ0v) is 11.6. The van der Waals surface area contributed by atoms with Gasteiger partial charge in [-0.15, -0.1) is 0 Å². The molecule has 1 aromatic carbocycles. The van der Waals surface area contributed by atoms with Gasteiger partial charge in [0.25, 0.3) is 5.91 Å². The lowest BCUT2D eigenvalue weighted by molar-refractivity contribution is -0.139. The summed E-state index contributed by atoms with van der Waals surface area (Å²) in [7, 11) is 1.86. The number of hydrogen-bond donors (Lipinski definition) is 2. The summed E-state index contributed by atoms with van der Waals surface area (Å²) >= 11 is 0. The van der Waals surface area contributed by atoms with E-state index in [9.17, 15) is 9.59 Å². The highest BCUT2D eigenvalue weighted by Gasteiger charge is 2.21. The number of para-hydroxylation sites is 1. The Balaban J connectivity index is 2.29. The van der Waals surface area contributed by atoms with Crippen molar-refractivity contribution in [1.29, 1.82) is 0 Å². The van der Waals surface area contributed by atoms with Gasteiger partial charge in [0.2, 0.25) is 0 Å². The van der Waals surface area contributed by atoms with E-state index in [0.29, 0.717) is 18.4 Å². The molecule has 2 aromatic rings. The Morgan fingerprint density at radius 3 is 2.70 bits per heavy atom. The number of carbonyl (C=O) groups excluding carboxylic acids is 1. The Hall–Kier alpha value is -2.30. The van der Waals surface area contributed by atoms with Gasteiger partial charge in [-0.1, -0.05) is 31.5 Å². The van der Waals surface area contributed by atoms with Gasteiger partial charge in [-0.25, -0.2) is 4.79 Å². The number of amides is 1. The number of nitrogens with one attached hydrogen (secondary N) is 1. The molecule has 0 unspecified atom stereocenters. The molecule has 1 amide bonds. The van der Waals surface area contributed by atoms with Crippen LogP contribution in [0.15, 0.2) is 30.5 Å². The summed E-state index contributed by atoms with van der Waals surface area (Å²) < 4.78 is 1.86. The van der Waals surface area contributed by atoms with Crippen molar-refractivity contribution < 1.29 is 14.7 Å². The van der Waals surface area contributed by atoms with Crippen molar-refractivity contribution in [3.05, 3.63) is 36.0 Å². The van der Waals surface area contributed by atoms with E-state index in [2.05, 4.69) is 5.32 Å². The molecule has 1 aromatic heterocycles. The summed E-state index contributed by atoms with van der Waals surface area (Å²) in [6, 6.07) is 6.71. The third kappa shape index (κ3) is 2.66. The monoisotopic (exact) mass is 274 g/mol. The van der Waals surface area contributed by atoms with Gasteiger partial charge in [0.15, 0.2) is 0 Å². The summed E-state index contributed by atoms with van der Waals surface area (Å²) in [5, 5.41) is 12.5. The molecule has 2 rings (SSSR count). The van der Waals surface area contributed by atoms with E-state index in [1.165, 1.54) is 0 Å². The Morgan fingerprint density at radius 1 is 1.35 bits per heavy atom.